The summed E-state index contributed by atoms with van der Waals surface area (Å²) in [5.74, 6) is -1.08. The largest absolute Gasteiger partial charge is 0.368 e. The fourth-order valence-electron chi connectivity index (χ4n) is 0.874. The van der Waals surface area contributed by atoms with E-state index in [1.54, 1.807) is 11.4 Å². The molecule has 13 heavy (non-hydrogen) atoms. The number of nitrogens with two attached hydrogens (primary N) is 1. The third kappa shape index (κ3) is 2.27. The molecule has 0 saturated carbocycles. The lowest BCUT2D eigenvalue weighted by molar-refractivity contribution is -0.117. The van der Waals surface area contributed by atoms with Crippen LogP contribution in [-0.2, 0) is 14.9 Å². The second-order valence-electron chi connectivity index (χ2n) is 2.31. The Morgan fingerprint density at radius 3 is 2.54 bits per heavy atom. The molecule has 1 atom stereocenters. The lowest BCUT2D eigenvalue weighted by atomic mass is 10.3. The summed E-state index contributed by atoms with van der Waals surface area (Å²) in [6, 6.07) is 3.00. The van der Waals surface area contributed by atoms with Gasteiger partial charge in [0.15, 0.2) is 5.25 Å². The van der Waals surface area contributed by atoms with E-state index < -0.39 is 21.3 Å². The van der Waals surface area contributed by atoms with Gasteiger partial charge in [0.25, 0.3) is 10.1 Å². The van der Waals surface area contributed by atoms with E-state index >= 15 is 0 Å². The van der Waals surface area contributed by atoms with Gasteiger partial charge in [0.2, 0.25) is 5.91 Å². The van der Waals surface area contributed by atoms with Crippen molar-refractivity contribution in [1.82, 2.24) is 0 Å². The summed E-state index contributed by atoms with van der Waals surface area (Å²) in [7, 11) is -4.45. The van der Waals surface area contributed by atoms with E-state index in [0.717, 1.165) is 11.3 Å². The van der Waals surface area contributed by atoms with Crippen molar-refractivity contribution in [2.24, 2.45) is 5.73 Å². The summed E-state index contributed by atoms with van der Waals surface area (Å²) in [6.07, 6.45) is 0. The molecule has 0 saturated heterocycles. The summed E-state index contributed by atoms with van der Waals surface area (Å²) in [4.78, 5) is 11.0. The van der Waals surface area contributed by atoms with E-state index in [1.165, 1.54) is 6.07 Å². The second-order valence-corrected chi connectivity index (χ2v) is 4.79. The Morgan fingerprint density at radius 2 is 2.23 bits per heavy atom. The minimum Gasteiger partial charge on any atom is -0.368 e. The van der Waals surface area contributed by atoms with Crippen LogP contribution in [0.5, 0.6) is 0 Å². The zero-order valence-electron chi connectivity index (χ0n) is 6.38. The first kappa shape index (κ1) is 10.2. The van der Waals surface area contributed by atoms with E-state index in [-0.39, 0.29) is 4.88 Å². The van der Waals surface area contributed by atoms with Crippen LogP contribution in [0.4, 0.5) is 0 Å². The molecule has 72 valence electrons. The summed E-state index contributed by atoms with van der Waals surface area (Å²) < 4.78 is 30.2. The standard InChI is InChI=1S/C6H7NO4S2/c7-6(8)5(13(9,10)11)4-2-1-3-12-4/h1-3,5H,(H2,7,8)(H,9,10,11). The summed E-state index contributed by atoms with van der Waals surface area (Å²) in [5.41, 5.74) is 4.84. The van der Waals surface area contributed by atoms with Gasteiger partial charge in [-0.25, -0.2) is 0 Å². The maximum Gasteiger partial charge on any atom is 0.282 e. The molecule has 7 heteroatoms. The van der Waals surface area contributed by atoms with Crippen molar-refractivity contribution in [2.45, 2.75) is 5.25 Å². The highest BCUT2D eigenvalue weighted by Crippen LogP contribution is 2.25. The molecule has 0 aromatic carbocycles. The number of carbonyl (C=O) groups is 1. The van der Waals surface area contributed by atoms with Crippen LogP contribution >= 0.6 is 11.3 Å². The average molecular weight is 221 g/mol. The number of thiophene rings is 1. The Bertz CT molecular complexity index is 394. The molecule has 0 spiro atoms. The van der Waals surface area contributed by atoms with Crippen LogP contribution in [0.15, 0.2) is 17.5 Å². The fraction of sp³-hybridized carbons (Fsp3) is 0.167. The first-order chi connectivity index (χ1) is 5.93. The van der Waals surface area contributed by atoms with Gasteiger partial charge in [-0.05, 0) is 11.4 Å². The minimum absolute atomic E-state index is 0.218. The van der Waals surface area contributed by atoms with Crippen LogP contribution in [0.3, 0.4) is 0 Å². The van der Waals surface area contributed by atoms with Crippen molar-refractivity contribution in [2.75, 3.05) is 0 Å². The van der Waals surface area contributed by atoms with E-state index in [1.807, 2.05) is 0 Å². The Hall–Kier alpha value is -0.920. The van der Waals surface area contributed by atoms with Gasteiger partial charge in [0.05, 0.1) is 0 Å². The van der Waals surface area contributed by atoms with E-state index in [2.05, 4.69) is 0 Å². The molecule has 1 heterocycles. The van der Waals surface area contributed by atoms with Crippen LogP contribution in [0.1, 0.15) is 10.1 Å². The number of rotatable bonds is 3. The van der Waals surface area contributed by atoms with Gasteiger partial charge in [-0.1, -0.05) is 6.07 Å². The average Bonchev–Trinajstić information content (AvgIpc) is 2.34. The molecule has 0 aliphatic heterocycles. The van der Waals surface area contributed by atoms with Crippen LogP contribution in [0.25, 0.3) is 0 Å². The Balaban J connectivity index is 3.17. The van der Waals surface area contributed by atoms with Crippen LogP contribution in [0.2, 0.25) is 0 Å². The Labute approximate surface area is 78.9 Å². The highest BCUT2D eigenvalue weighted by molar-refractivity contribution is 7.87. The number of carbonyl (C=O) groups excluding carboxylic acids is 1. The normalized spacial score (nSPS) is 13.9. The second kappa shape index (κ2) is 3.44. The molecule has 1 rings (SSSR count). The Morgan fingerprint density at radius 1 is 1.62 bits per heavy atom. The van der Waals surface area contributed by atoms with Crippen molar-refractivity contribution in [1.29, 1.82) is 0 Å². The van der Waals surface area contributed by atoms with Crippen LogP contribution in [-0.4, -0.2) is 18.9 Å². The van der Waals surface area contributed by atoms with E-state index in [9.17, 15) is 13.2 Å². The molecule has 0 radical (unpaired) electrons. The third-order valence-electron chi connectivity index (χ3n) is 1.36. The maximum atomic E-state index is 10.7. The summed E-state index contributed by atoms with van der Waals surface area (Å²) >= 11 is 1.05. The highest BCUT2D eigenvalue weighted by Gasteiger charge is 2.31. The number of hydrogen-bond donors (Lipinski definition) is 2. The van der Waals surface area contributed by atoms with Crippen LogP contribution in [0, 0.1) is 0 Å². The summed E-state index contributed by atoms with van der Waals surface area (Å²) in [6.45, 7) is 0. The third-order valence-corrected chi connectivity index (χ3v) is 3.53. The monoisotopic (exact) mass is 221 g/mol. The fourth-order valence-corrected chi connectivity index (χ4v) is 2.78. The first-order valence-corrected chi connectivity index (χ1v) is 5.60. The van der Waals surface area contributed by atoms with Gasteiger partial charge in [0.1, 0.15) is 0 Å². The molecule has 0 fully saturated rings. The molecule has 5 nitrogen and oxygen atoms in total. The van der Waals surface area contributed by atoms with Gasteiger partial charge < -0.3 is 5.73 Å². The van der Waals surface area contributed by atoms with Crippen molar-refractivity contribution in [3.63, 3.8) is 0 Å². The lowest BCUT2D eigenvalue weighted by Crippen LogP contribution is -2.27. The van der Waals surface area contributed by atoms with Crippen molar-refractivity contribution in [3.8, 4) is 0 Å². The first-order valence-electron chi connectivity index (χ1n) is 3.22. The number of hydrogen-bond acceptors (Lipinski definition) is 4. The molecule has 1 aromatic heterocycles. The van der Waals surface area contributed by atoms with Crippen molar-refractivity contribution < 1.29 is 17.8 Å². The number of amides is 1. The van der Waals surface area contributed by atoms with Crippen molar-refractivity contribution >= 4 is 27.4 Å². The molecule has 0 bridgehead atoms. The molecule has 0 aliphatic rings. The Kier molecular flexibility index (Phi) is 2.69. The molecule has 1 aromatic rings. The quantitative estimate of drug-likeness (QED) is 0.710. The molecule has 1 unspecified atom stereocenters. The molecule has 1 amide bonds. The minimum atomic E-state index is -4.45. The van der Waals surface area contributed by atoms with Gasteiger partial charge >= 0.3 is 0 Å². The molecule has 3 N–H and O–H groups in total. The molecular formula is C6H7NO4S2. The van der Waals surface area contributed by atoms with E-state index in [4.69, 9.17) is 10.3 Å². The van der Waals surface area contributed by atoms with Gasteiger partial charge in [-0.15, -0.1) is 11.3 Å². The lowest BCUT2D eigenvalue weighted by Gasteiger charge is -2.06. The SMILES string of the molecule is NC(=O)C(c1cccs1)S(=O)(=O)O. The zero-order chi connectivity index (χ0) is 10.1. The molecular weight excluding hydrogens is 214 g/mol. The van der Waals surface area contributed by atoms with Gasteiger partial charge in [-0.3, -0.25) is 9.35 Å². The topological polar surface area (TPSA) is 97.5 Å². The summed E-state index contributed by atoms with van der Waals surface area (Å²) in [5, 5.41) is -0.0521. The van der Waals surface area contributed by atoms with Gasteiger partial charge in [-0.2, -0.15) is 8.42 Å². The predicted molar refractivity (Wildman–Crippen MR) is 47.8 cm³/mol. The van der Waals surface area contributed by atoms with Crippen LogP contribution < -0.4 is 5.73 Å². The smallest absolute Gasteiger partial charge is 0.282 e. The van der Waals surface area contributed by atoms with Crippen molar-refractivity contribution in [3.05, 3.63) is 22.4 Å². The maximum absolute atomic E-state index is 10.7. The molecule has 0 aliphatic carbocycles. The zero-order valence-corrected chi connectivity index (χ0v) is 8.01. The predicted octanol–water partition coefficient (Wildman–Crippen LogP) is 0.162. The van der Waals surface area contributed by atoms with Gasteiger partial charge in [0, 0.05) is 4.88 Å². The number of primary amides is 1. The van der Waals surface area contributed by atoms with E-state index in [0.29, 0.717) is 0 Å². The highest BCUT2D eigenvalue weighted by atomic mass is 32.2.